The highest BCUT2D eigenvalue weighted by Gasteiger charge is 2.17. The highest BCUT2D eigenvalue weighted by Crippen LogP contribution is 2.36. The molecule has 1 N–H and O–H groups in total. The number of hydrogen-bond acceptors (Lipinski definition) is 7. The monoisotopic (exact) mass is 533 g/mol. The quantitative estimate of drug-likeness (QED) is 0.253. The van der Waals surface area contributed by atoms with Crippen molar-refractivity contribution in [3.63, 3.8) is 0 Å². The summed E-state index contributed by atoms with van der Waals surface area (Å²) in [7, 11) is 2.15. The minimum atomic E-state index is 0.344. The van der Waals surface area contributed by atoms with E-state index in [1.165, 1.54) is 0 Å². The van der Waals surface area contributed by atoms with Crippen LogP contribution in [0.2, 0.25) is 10.0 Å². The number of benzene rings is 3. The third-order valence-corrected chi connectivity index (χ3v) is 7.19. The molecule has 188 valence electrons. The number of hydrogen-bond donors (Lipinski definition) is 1. The second-order valence-electron chi connectivity index (χ2n) is 9.21. The van der Waals surface area contributed by atoms with E-state index in [0.717, 1.165) is 59.9 Å². The van der Waals surface area contributed by atoms with Gasteiger partial charge in [0.1, 0.15) is 17.0 Å². The van der Waals surface area contributed by atoms with Crippen molar-refractivity contribution < 1.29 is 9.15 Å². The largest absolute Gasteiger partial charge is 0.456 e. The van der Waals surface area contributed by atoms with Crippen LogP contribution in [0.5, 0.6) is 11.5 Å². The first kappa shape index (κ1) is 24.0. The van der Waals surface area contributed by atoms with E-state index in [2.05, 4.69) is 32.1 Å². The lowest BCUT2D eigenvalue weighted by molar-refractivity contribution is 0.148. The molecule has 0 radical (unpaired) electrons. The van der Waals surface area contributed by atoms with Crippen molar-refractivity contribution in [2.45, 2.75) is 6.54 Å². The summed E-state index contributed by atoms with van der Waals surface area (Å²) in [5, 5.41) is 5.33. The molecule has 7 nitrogen and oxygen atoms in total. The van der Waals surface area contributed by atoms with E-state index in [9.17, 15) is 0 Å². The number of aromatic nitrogens is 2. The normalized spacial score (nSPS) is 14.9. The van der Waals surface area contributed by atoms with Gasteiger partial charge in [-0.2, -0.15) is 4.98 Å². The van der Waals surface area contributed by atoms with Gasteiger partial charge in [0, 0.05) is 67.1 Å². The predicted octanol–water partition coefficient (Wildman–Crippen LogP) is 6.97. The first-order chi connectivity index (χ1) is 18.0. The fourth-order valence-electron chi connectivity index (χ4n) is 4.51. The molecule has 3 aromatic carbocycles. The standard InChI is InChI=1S/C28H25Cl2N5O2/c1-34-10-12-35(13-11-34)17-18-14-19(6-7-22(18)29)32-28-33-25-16-20(15-23(30)27(25)37-28)36-26-8-9-31-24-5-3-2-4-21(24)26/h2-9,14-16H,10-13,17H2,1H3,(H,32,33). The summed E-state index contributed by atoms with van der Waals surface area (Å²) in [6, 6.07) is 19.4. The number of pyridine rings is 1. The number of oxazole rings is 1. The number of rotatable bonds is 6. The van der Waals surface area contributed by atoms with Crippen molar-refractivity contribution in [1.29, 1.82) is 0 Å². The molecule has 0 bridgehead atoms. The van der Waals surface area contributed by atoms with Crippen molar-refractivity contribution in [1.82, 2.24) is 19.8 Å². The molecular weight excluding hydrogens is 509 g/mol. The zero-order valence-electron chi connectivity index (χ0n) is 20.2. The lowest BCUT2D eigenvalue weighted by Crippen LogP contribution is -2.43. The van der Waals surface area contributed by atoms with Gasteiger partial charge in [0.15, 0.2) is 5.58 Å². The molecule has 0 saturated carbocycles. The molecule has 0 aliphatic carbocycles. The van der Waals surface area contributed by atoms with Gasteiger partial charge < -0.3 is 19.4 Å². The van der Waals surface area contributed by atoms with E-state index >= 15 is 0 Å². The lowest BCUT2D eigenvalue weighted by Gasteiger charge is -2.32. The Hall–Kier alpha value is -3.36. The van der Waals surface area contributed by atoms with Crippen LogP contribution in [0, 0.1) is 0 Å². The highest BCUT2D eigenvalue weighted by molar-refractivity contribution is 6.35. The van der Waals surface area contributed by atoms with Crippen LogP contribution in [0.4, 0.5) is 11.7 Å². The molecule has 37 heavy (non-hydrogen) atoms. The molecular formula is C28H25Cl2N5O2. The second kappa shape index (κ2) is 10.2. The number of halogens is 2. The maximum Gasteiger partial charge on any atom is 0.300 e. The number of piperazine rings is 1. The van der Waals surface area contributed by atoms with Crippen LogP contribution in [0.3, 0.4) is 0 Å². The molecule has 1 fully saturated rings. The van der Waals surface area contributed by atoms with E-state index in [-0.39, 0.29) is 0 Å². The summed E-state index contributed by atoms with van der Waals surface area (Å²) in [5.74, 6) is 1.26. The topological polar surface area (TPSA) is 66.7 Å². The lowest BCUT2D eigenvalue weighted by atomic mass is 10.1. The minimum absolute atomic E-state index is 0.344. The van der Waals surface area contributed by atoms with Gasteiger partial charge in [0.25, 0.3) is 6.01 Å². The molecule has 0 spiro atoms. The van der Waals surface area contributed by atoms with Crippen molar-refractivity contribution >= 4 is 56.9 Å². The SMILES string of the molecule is CN1CCN(Cc2cc(Nc3nc4cc(Oc5ccnc6ccccc56)cc(Cl)c4o3)ccc2Cl)CC1. The van der Waals surface area contributed by atoms with Gasteiger partial charge in [0.05, 0.1) is 10.5 Å². The number of nitrogens with zero attached hydrogens (tertiary/aromatic N) is 4. The number of ether oxygens (including phenoxy) is 1. The summed E-state index contributed by atoms with van der Waals surface area (Å²) in [6.07, 6.45) is 1.72. The average molecular weight is 534 g/mol. The molecule has 1 aliphatic rings. The van der Waals surface area contributed by atoms with Crippen LogP contribution in [0.25, 0.3) is 22.0 Å². The van der Waals surface area contributed by atoms with Crippen LogP contribution in [-0.4, -0.2) is 53.0 Å². The molecule has 0 amide bonds. The van der Waals surface area contributed by atoms with Crippen LogP contribution < -0.4 is 10.1 Å². The van der Waals surface area contributed by atoms with Crippen LogP contribution in [-0.2, 0) is 6.54 Å². The van der Waals surface area contributed by atoms with Gasteiger partial charge in [-0.15, -0.1) is 0 Å². The Balaban J connectivity index is 1.23. The molecule has 5 aromatic rings. The van der Waals surface area contributed by atoms with Gasteiger partial charge in [-0.25, -0.2) is 0 Å². The highest BCUT2D eigenvalue weighted by atomic mass is 35.5. The van der Waals surface area contributed by atoms with Gasteiger partial charge in [-0.1, -0.05) is 35.3 Å². The van der Waals surface area contributed by atoms with Crippen LogP contribution in [0.15, 0.2) is 71.3 Å². The van der Waals surface area contributed by atoms with Crippen molar-refractivity contribution in [3.05, 3.63) is 82.5 Å². The zero-order chi connectivity index (χ0) is 25.4. The van der Waals surface area contributed by atoms with Gasteiger partial charge in [0.2, 0.25) is 0 Å². The molecule has 0 unspecified atom stereocenters. The van der Waals surface area contributed by atoms with E-state index in [1.54, 1.807) is 12.3 Å². The molecule has 2 aromatic heterocycles. The summed E-state index contributed by atoms with van der Waals surface area (Å²) >= 11 is 13.1. The van der Waals surface area contributed by atoms with Gasteiger partial charge >= 0.3 is 0 Å². The summed E-state index contributed by atoms with van der Waals surface area (Å²) in [5.41, 5.74) is 3.84. The molecule has 6 rings (SSSR count). The van der Waals surface area contributed by atoms with E-state index in [1.807, 2.05) is 54.6 Å². The fourth-order valence-corrected chi connectivity index (χ4v) is 4.93. The zero-order valence-corrected chi connectivity index (χ0v) is 21.8. The van der Waals surface area contributed by atoms with E-state index < -0.39 is 0 Å². The molecule has 0 atom stereocenters. The number of likely N-dealkylation sites (N-methyl/N-ethyl adjacent to an activating group) is 1. The molecule has 1 saturated heterocycles. The smallest absolute Gasteiger partial charge is 0.300 e. The Morgan fingerprint density at radius 3 is 2.65 bits per heavy atom. The summed E-state index contributed by atoms with van der Waals surface area (Å²) in [4.78, 5) is 13.7. The first-order valence-corrected chi connectivity index (χ1v) is 12.9. The Morgan fingerprint density at radius 1 is 0.946 bits per heavy atom. The van der Waals surface area contributed by atoms with E-state index in [0.29, 0.717) is 33.6 Å². The Kier molecular flexibility index (Phi) is 6.61. The molecule has 9 heteroatoms. The maximum absolute atomic E-state index is 6.55. The van der Waals surface area contributed by atoms with E-state index in [4.69, 9.17) is 32.4 Å². The second-order valence-corrected chi connectivity index (χ2v) is 10.0. The molecule has 3 heterocycles. The van der Waals surface area contributed by atoms with Gasteiger partial charge in [-0.05, 0) is 49.0 Å². The van der Waals surface area contributed by atoms with Gasteiger partial charge in [-0.3, -0.25) is 9.88 Å². The van der Waals surface area contributed by atoms with Crippen molar-refractivity contribution in [2.24, 2.45) is 0 Å². The minimum Gasteiger partial charge on any atom is -0.456 e. The number of para-hydroxylation sites is 1. The van der Waals surface area contributed by atoms with Crippen LogP contribution in [0.1, 0.15) is 5.56 Å². The number of nitrogens with one attached hydrogen (secondary N) is 1. The van der Waals surface area contributed by atoms with Crippen molar-refractivity contribution in [2.75, 3.05) is 38.5 Å². The number of anilines is 2. The van der Waals surface area contributed by atoms with Crippen molar-refractivity contribution in [3.8, 4) is 11.5 Å². The summed E-state index contributed by atoms with van der Waals surface area (Å²) in [6.45, 7) is 4.96. The fraction of sp³-hybridized carbons (Fsp3) is 0.214. The Labute approximate surface area is 224 Å². The Bertz CT molecular complexity index is 1580. The average Bonchev–Trinajstić information content (AvgIpc) is 3.30. The maximum atomic E-state index is 6.55. The Morgan fingerprint density at radius 2 is 1.78 bits per heavy atom. The summed E-state index contributed by atoms with van der Waals surface area (Å²) < 4.78 is 12.1. The number of fused-ring (bicyclic) bond motifs is 2. The first-order valence-electron chi connectivity index (χ1n) is 12.1. The predicted molar refractivity (Wildman–Crippen MR) is 148 cm³/mol. The third-order valence-electron chi connectivity index (χ3n) is 6.54. The third kappa shape index (κ3) is 5.22. The van der Waals surface area contributed by atoms with Crippen LogP contribution >= 0.6 is 23.2 Å². The molecule has 1 aliphatic heterocycles.